The van der Waals surface area contributed by atoms with E-state index in [0.29, 0.717) is 22.6 Å². The Kier molecular flexibility index (Phi) is 5.85. The molecule has 0 aliphatic rings. The summed E-state index contributed by atoms with van der Waals surface area (Å²) < 4.78 is 4.98. The van der Waals surface area contributed by atoms with E-state index in [9.17, 15) is 9.59 Å². The maximum atomic E-state index is 12.5. The number of carbonyl (C=O) groups excluding carboxylic acids is 2. The second-order valence-electron chi connectivity index (χ2n) is 5.73. The Bertz CT molecular complexity index is 924. The van der Waals surface area contributed by atoms with Crippen LogP contribution in [0.5, 0.6) is 0 Å². The molecular weight excluding hydrogens is 362 g/mol. The van der Waals surface area contributed by atoms with Crippen LogP contribution >= 0.6 is 11.3 Å². The maximum absolute atomic E-state index is 12.5. The van der Waals surface area contributed by atoms with E-state index in [1.807, 2.05) is 16.8 Å². The molecule has 2 amide bonds. The van der Waals surface area contributed by atoms with E-state index in [2.05, 4.69) is 5.32 Å². The number of nitrogens with one attached hydrogen (secondary N) is 1. The molecular formula is C20H19N3O3S. The second kappa shape index (κ2) is 8.48. The number of hydrogen-bond donors (Lipinski definition) is 2. The van der Waals surface area contributed by atoms with Crippen molar-refractivity contribution in [3.63, 3.8) is 0 Å². The van der Waals surface area contributed by atoms with Crippen LogP contribution in [0.1, 0.15) is 10.4 Å². The molecule has 0 aliphatic heterocycles. The largest absolute Gasteiger partial charge is 0.397 e. The quantitative estimate of drug-likeness (QED) is 0.634. The van der Waals surface area contributed by atoms with Crippen molar-refractivity contribution in [3.8, 4) is 0 Å². The van der Waals surface area contributed by atoms with Crippen LogP contribution in [0.3, 0.4) is 0 Å². The number of nitrogen functional groups attached to an aromatic ring is 1. The third-order valence-electron chi connectivity index (χ3n) is 3.88. The van der Waals surface area contributed by atoms with Gasteiger partial charge in [-0.05, 0) is 47.8 Å². The monoisotopic (exact) mass is 381 g/mol. The van der Waals surface area contributed by atoms with Gasteiger partial charge in [0.1, 0.15) is 6.61 Å². The Labute approximate surface area is 161 Å². The number of hydrogen-bond acceptors (Lipinski definition) is 5. The summed E-state index contributed by atoms with van der Waals surface area (Å²) in [6.45, 7) is -0.0363. The molecule has 0 saturated heterocycles. The van der Waals surface area contributed by atoms with E-state index >= 15 is 0 Å². The van der Waals surface area contributed by atoms with Crippen LogP contribution in [0.2, 0.25) is 0 Å². The van der Waals surface area contributed by atoms with Gasteiger partial charge in [0, 0.05) is 23.7 Å². The molecule has 0 fully saturated rings. The minimum Gasteiger partial charge on any atom is -0.397 e. The molecule has 0 unspecified atom stereocenters. The molecule has 0 saturated carbocycles. The Balaban J connectivity index is 1.81. The lowest BCUT2D eigenvalue weighted by Gasteiger charge is -2.21. The summed E-state index contributed by atoms with van der Waals surface area (Å²) in [4.78, 5) is 26.5. The Morgan fingerprint density at radius 3 is 2.44 bits per heavy atom. The van der Waals surface area contributed by atoms with E-state index in [1.54, 1.807) is 53.4 Å². The molecule has 3 N–H and O–H groups in total. The van der Waals surface area contributed by atoms with Crippen molar-refractivity contribution >= 4 is 45.9 Å². The van der Waals surface area contributed by atoms with E-state index < -0.39 is 0 Å². The van der Waals surface area contributed by atoms with E-state index in [4.69, 9.17) is 10.5 Å². The first kappa shape index (κ1) is 18.6. The zero-order valence-corrected chi connectivity index (χ0v) is 15.5. The Morgan fingerprint density at radius 1 is 1.07 bits per heavy atom. The summed E-state index contributed by atoms with van der Waals surface area (Å²) in [7, 11) is 1.48. The average Bonchev–Trinajstić information content (AvgIpc) is 3.19. The van der Waals surface area contributed by atoms with Crippen molar-refractivity contribution in [2.45, 2.75) is 0 Å². The van der Waals surface area contributed by atoms with Crippen LogP contribution < -0.4 is 16.0 Å². The molecule has 3 aromatic rings. The number of para-hydroxylation sites is 2. The fourth-order valence-electron chi connectivity index (χ4n) is 2.58. The van der Waals surface area contributed by atoms with Crippen LogP contribution in [0.4, 0.5) is 22.7 Å². The van der Waals surface area contributed by atoms with Crippen LogP contribution in [0.15, 0.2) is 65.4 Å². The van der Waals surface area contributed by atoms with Crippen LogP contribution in [-0.4, -0.2) is 25.5 Å². The molecule has 27 heavy (non-hydrogen) atoms. The van der Waals surface area contributed by atoms with Gasteiger partial charge in [0.15, 0.2) is 0 Å². The van der Waals surface area contributed by atoms with Gasteiger partial charge >= 0.3 is 0 Å². The van der Waals surface area contributed by atoms with Crippen molar-refractivity contribution in [2.75, 3.05) is 29.7 Å². The lowest BCUT2D eigenvalue weighted by molar-refractivity contribution is -0.121. The molecule has 0 atom stereocenters. The molecule has 0 bridgehead atoms. The summed E-state index contributed by atoms with van der Waals surface area (Å²) in [5, 5.41) is 6.56. The first-order valence-corrected chi connectivity index (χ1v) is 9.14. The standard InChI is InChI=1S/C20H19N3O3S/c1-26-12-19(24)23(16-10-11-27-13-16)15-8-6-14(7-9-15)20(25)22-18-5-3-2-4-17(18)21/h2-11,13H,12,21H2,1H3,(H,22,25). The normalized spacial score (nSPS) is 10.4. The van der Waals surface area contributed by atoms with Gasteiger partial charge in [-0.25, -0.2) is 0 Å². The third kappa shape index (κ3) is 4.33. The molecule has 3 rings (SSSR count). The smallest absolute Gasteiger partial charge is 0.257 e. The Hall–Kier alpha value is -3.16. The molecule has 1 heterocycles. The minimum absolute atomic E-state index is 0.0363. The highest BCUT2D eigenvalue weighted by atomic mass is 32.1. The SMILES string of the molecule is COCC(=O)N(c1ccc(C(=O)Nc2ccccc2N)cc1)c1ccsc1. The van der Waals surface area contributed by atoms with Crippen molar-refractivity contribution in [2.24, 2.45) is 0 Å². The number of nitrogens with two attached hydrogens (primary N) is 1. The molecule has 7 heteroatoms. The minimum atomic E-state index is -0.273. The van der Waals surface area contributed by atoms with E-state index in [-0.39, 0.29) is 18.4 Å². The number of rotatable bonds is 6. The highest BCUT2D eigenvalue weighted by Gasteiger charge is 2.19. The van der Waals surface area contributed by atoms with Gasteiger partial charge < -0.3 is 15.8 Å². The lowest BCUT2D eigenvalue weighted by Crippen LogP contribution is -2.29. The highest BCUT2D eigenvalue weighted by molar-refractivity contribution is 7.08. The molecule has 2 aromatic carbocycles. The molecule has 1 aromatic heterocycles. The third-order valence-corrected chi connectivity index (χ3v) is 4.55. The van der Waals surface area contributed by atoms with Gasteiger partial charge in [-0.15, -0.1) is 0 Å². The molecule has 0 spiro atoms. The number of carbonyl (C=O) groups is 2. The van der Waals surface area contributed by atoms with Crippen LogP contribution in [0.25, 0.3) is 0 Å². The molecule has 0 radical (unpaired) electrons. The van der Waals surface area contributed by atoms with Gasteiger partial charge in [-0.2, -0.15) is 11.3 Å². The van der Waals surface area contributed by atoms with Gasteiger partial charge in [0.2, 0.25) is 0 Å². The van der Waals surface area contributed by atoms with Gasteiger partial charge in [0.05, 0.1) is 17.1 Å². The fraction of sp³-hybridized carbons (Fsp3) is 0.100. The molecule has 0 aliphatic carbocycles. The van der Waals surface area contributed by atoms with Crippen molar-refractivity contribution < 1.29 is 14.3 Å². The fourth-order valence-corrected chi connectivity index (χ4v) is 3.20. The first-order chi connectivity index (χ1) is 13.1. The van der Waals surface area contributed by atoms with Crippen molar-refractivity contribution in [3.05, 3.63) is 70.9 Å². The summed E-state index contributed by atoms with van der Waals surface area (Å²) >= 11 is 1.50. The first-order valence-electron chi connectivity index (χ1n) is 8.20. The predicted molar refractivity (Wildman–Crippen MR) is 109 cm³/mol. The van der Waals surface area contributed by atoms with Gasteiger partial charge in [0.25, 0.3) is 11.8 Å². The van der Waals surface area contributed by atoms with Gasteiger partial charge in [-0.3, -0.25) is 14.5 Å². The summed E-state index contributed by atoms with van der Waals surface area (Å²) in [5.74, 6) is -0.463. The number of amides is 2. The van der Waals surface area contributed by atoms with Gasteiger partial charge in [-0.1, -0.05) is 12.1 Å². The van der Waals surface area contributed by atoms with E-state index in [1.165, 1.54) is 18.4 Å². The highest BCUT2D eigenvalue weighted by Crippen LogP contribution is 2.28. The number of benzene rings is 2. The second-order valence-corrected chi connectivity index (χ2v) is 6.51. The summed E-state index contributed by atoms with van der Waals surface area (Å²) in [5.41, 5.74) is 8.79. The number of ether oxygens (including phenoxy) is 1. The Morgan fingerprint density at radius 2 is 1.81 bits per heavy atom. The summed E-state index contributed by atoms with van der Waals surface area (Å²) in [6.07, 6.45) is 0. The molecule has 6 nitrogen and oxygen atoms in total. The topological polar surface area (TPSA) is 84.7 Å². The van der Waals surface area contributed by atoms with Crippen molar-refractivity contribution in [1.82, 2.24) is 0 Å². The predicted octanol–water partition coefficient (Wildman–Crippen LogP) is 3.89. The van der Waals surface area contributed by atoms with E-state index in [0.717, 1.165) is 5.69 Å². The summed E-state index contributed by atoms with van der Waals surface area (Å²) in [6, 6.07) is 15.7. The maximum Gasteiger partial charge on any atom is 0.257 e. The lowest BCUT2D eigenvalue weighted by atomic mass is 10.1. The zero-order chi connectivity index (χ0) is 19.2. The zero-order valence-electron chi connectivity index (χ0n) is 14.7. The number of methoxy groups -OCH3 is 1. The molecule has 138 valence electrons. The van der Waals surface area contributed by atoms with Crippen LogP contribution in [0, 0.1) is 0 Å². The number of anilines is 4. The number of thiophene rings is 1. The number of nitrogens with zero attached hydrogens (tertiary/aromatic N) is 1. The van der Waals surface area contributed by atoms with Crippen LogP contribution in [-0.2, 0) is 9.53 Å². The van der Waals surface area contributed by atoms with Crippen molar-refractivity contribution in [1.29, 1.82) is 0 Å². The average molecular weight is 381 g/mol.